The smallest absolute Gasteiger partial charge is 0.171 e. The summed E-state index contributed by atoms with van der Waals surface area (Å²) >= 11 is 6.26. The predicted molar refractivity (Wildman–Crippen MR) is 91.9 cm³/mol. The van der Waals surface area contributed by atoms with Gasteiger partial charge in [0.25, 0.3) is 0 Å². The van der Waals surface area contributed by atoms with Crippen LogP contribution < -0.4 is 4.74 Å². The van der Waals surface area contributed by atoms with Crippen LogP contribution in [0, 0.1) is 6.92 Å². The standard InChI is InChI=1S/C19H18ClNO2/c1-13-11-17(23-12-15-9-5-6-10-16(15)22)19(20)21-18(13)14-7-3-2-4-8-14/h2-4,7-9,11H,5-6,10,12H2,1H3. The Labute approximate surface area is 141 Å². The van der Waals surface area contributed by atoms with E-state index in [0.717, 1.165) is 35.2 Å². The first-order chi connectivity index (χ1) is 11.1. The van der Waals surface area contributed by atoms with Crippen molar-refractivity contribution in [2.45, 2.75) is 26.2 Å². The fourth-order valence-electron chi connectivity index (χ4n) is 2.66. The van der Waals surface area contributed by atoms with Gasteiger partial charge in [0.2, 0.25) is 0 Å². The van der Waals surface area contributed by atoms with Gasteiger partial charge in [-0.2, -0.15) is 0 Å². The molecule has 0 bridgehead atoms. The molecule has 0 spiro atoms. The van der Waals surface area contributed by atoms with Crippen LogP contribution in [0.25, 0.3) is 11.3 Å². The molecule has 0 saturated heterocycles. The number of hydrogen-bond acceptors (Lipinski definition) is 3. The van der Waals surface area contributed by atoms with Crippen molar-refractivity contribution in [3.8, 4) is 17.0 Å². The summed E-state index contributed by atoms with van der Waals surface area (Å²) in [5.74, 6) is 0.682. The Morgan fingerprint density at radius 1 is 1.26 bits per heavy atom. The SMILES string of the molecule is Cc1cc(OCC2=CCCCC2=O)c(Cl)nc1-c1ccccc1. The normalized spacial score (nSPS) is 14.5. The third-order valence-electron chi connectivity index (χ3n) is 3.92. The van der Waals surface area contributed by atoms with Crippen LogP contribution in [0.4, 0.5) is 0 Å². The van der Waals surface area contributed by atoms with E-state index in [4.69, 9.17) is 16.3 Å². The van der Waals surface area contributed by atoms with Crippen LogP contribution in [0.1, 0.15) is 24.8 Å². The molecule has 1 aliphatic carbocycles. The van der Waals surface area contributed by atoms with Gasteiger partial charge in [-0.05, 0) is 31.4 Å². The van der Waals surface area contributed by atoms with Crippen molar-refractivity contribution in [2.75, 3.05) is 6.61 Å². The van der Waals surface area contributed by atoms with E-state index in [9.17, 15) is 4.79 Å². The average molecular weight is 328 g/mol. The number of ketones is 1. The zero-order chi connectivity index (χ0) is 16.2. The number of aryl methyl sites for hydroxylation is 1. The summed E-state index contributed by atoms with van der Waals surface area (Å²) in [5, 5.41) is 0.318. The summed E-state index contributed by atoms with van der Waals surface area (Å²) in [4.78, 5) is 16.3. The fraction of sp³-hybridized carbons (Fsp3) is 0.263. The topological polar surface area (TPSA) is 39.2 Å². The van der Waals surface area contributed by atoms with Crippen molar-refractivity contribution in [3.05, 3.63) is 58.8 Å². The summed E-state index contributed by atoms with van der Waals surface area (Å²) in [7, 11) is 0. The summed E-state index contributed by atoms with van der Waals surface area (Å²) in [6, 6.07) is 11.8. The molecule has 118 valence electrons. The molecule has 0 aliphatic heterocycles. The molecule has 3 rings (SSSR count). The lowest BCUT2D eigenvalue weighted by Crippen LogP contribution is -2.14. The van der Waals surface area contributed by atoms with Gasteiger partial charge in [0, 0.05) is 17.6 Å². The summed E-state index contributed by atoms with van der Waals surface area (Å²) in [6.45, 7) is 2.23. The highest BCUT2D eigenvalue weighted by Crippen LogP contribution is 2.30. The molecule has 1 aromatic carbocycles. The summed E-state index contributed by atoms with van der Waals surface area (Å²) < 4.78 is 5.73. The van der Waals surface area contributed by atoms with Crippen LogP contribution in [-0.4, -0.2) is 17.4 Å². The number of carbonyl (C=O) groups excluding carboxylic acids is 1. The Bertz CT molecular complexity index is 753. The van der Waals surface area contributed by atoms with E-state index in [1.807, 2.05) is 49.4 Å². The fourth-order valence-corrected chi connectivity index (χ4v) is 2.86. The minimum absolute atomic E-state index is 0.165. The number of rotatable bonds is 4. The first-order valence-electron chi connectivity index (χ1n) is 7.73. The second kappa shape index (κ2) is 6.97. The predicted octanol–water partition coefficient (Wildman–Crippen LogP) is 4.77. The summed E-state index contributed by atoms with van der Waals surface area (Å²) in [6.07, 6.45) is 4.42. The number of pyridine rings is 1. The molecule has 0 unspecified atom stereocenters. The van der Waals surface area contributed by atoms with Gasteiger partial charge < -0.3 is 4.74 Å². The molecule has 2 aromatic rings. The average Bonchev–Trinajstić information content (AvgIpc) is 2.57. The molecule has 1 heterocycles. The highest BCUT2D eigenvalue weighted by Gasteiger charge is 2.16. The zero-order valence-electron chi connectivity index (χ0n) is 13.0. The van der Waals surface area contributed by atoms with E-state index in [1.165, 1.54) is 0 Å². The van der Waals surface area contributed by atoms with E-state index in [-0.39, 0.29) is 12.4 Å². The molecular weight excluding hydrogens is 310 g/mol. The van der Waals surface area contributed by atoms with Crippen molar-refractivity contribution in [1.82, 2.24) is 4.98 Å². The second-order valence-electron chi connectivity index (χ2n) is 5.64. The van der Waals surface area contributed by atoms with Crippen molar-refractivity contribution in [1.29, 1.82) is 0 Å². The van der Waals surface area contributed by atoms with Gasteiger partial charge in [-0.3, -0.25) is 4.79 Å². The highest BCUT2D eigenvalue weighted by atomic mass is 35.5. The molecule has 1 aromatic heterocycles. The van der Waals surface area contributed by atoms with Crippen molar-refractivity contribution in [3.63, 3.8) is 0 Å². The first kappa shape index (κ1) is 15.8. The van der Waals surface area contributed by atoms with Crippen molar-refractivity contribution < 1.29 is 9.53 Å². The molecule has 23 heavy (non-hydrogen) atoms. The Morgan fingerprint density at radius 2 is 2.04 bits per heavy atom. The zero-order valence-corrected chi connectivity index (χ0v) is 13.8. The molecular formula is C19H18ClNO2. The quantitative estimate of drug-likeness (QED) is 0.759. The molecule has 0 amide bonds. The van der Waals surface area contributed by atoms with Gasteiger partial charge >= 0.3 is 0 Å². The Hall–Kier alpha value is -2.13. The van der Waals surface area contributed by atoms with Crippen LogP contribution in [0.15, 0.2) is 48.0 Å². The minimum Gasteiger partial charge on any atom is -0.486 e. The van der Waals surface area contributed by atoms with Crippen molar-refractivity contribution in [2.24, 2.45) is 0 Å². The second-order valence-corrected chi connectivity index (χ2v) is 6.00. The number of carbonyl (C=O) groups is 1. The lowest BCUT2D eigenvalue weighted by atomic mass is 9.99. The molecule has 0 radical (unpaired) electrons. The number of nitrogens with zero attached hydrogens (tertiary/aromatic N) is 1. The molecule has 0 atom stereocenters. The first-order valence-corrected chi connectivity index (χ1v) is 8.10. The third-order valence-corrected chi connectivity index (χ3v) is 4.19. The Kier molecular flexibility index (Phi) is 4.77. The highest BCUT2D eigenvalue weighted by molar-refractivity contribution is 6.31. The van der Waals surface area contributed by atoms with E-state index >= 15 is 0 Å². The largest absolute Gasteiger partial charge is 0.486 e. The third kappa shape index (κ3) is 3.62. The molecule has 0 fully saturated rings. The lowest BCUT2D eigenvalue weighted by molar-refractivity contribution is -0.116. The van der Waals surface area contributed by atoms with E-state index in [1.54, 1.807) is 0 Å². The van der Waals surface area contributed by atoms with E-state index in [0.29, 0.717) is 17.3 Å². The van der Waals surface area contributed by atoms with Gasteiger partial charge in [0.05, 0.1) is 5.69 Å². The van der Waals surface area contributed by atoms with Gasteiger partial charge in [0.15, 0.2) is 16.7 Å². The van der Waals surface area contributed by atoms with Gasteiger partial charge in [0.1, 0.15) is 6.61 Å². The number of Topliss-reactive ketones (excluding diaryl/α,β-unsaturated/α-hetero) is 1. The Morgan fingerprint density at radius 3 is 2.78 bits per heavy atom. The van der Waals surface area contributed by atoms with Gasteiger partial charge in [-0.1, -0.05) is 48.0 Å². The molecule has 3 nitrogen and oxygen atoms in total. The lowest BCUT2D eigenvalue weighted by Gasteiger charge is -2.15. The number of hydrogen-bond donors (Lipinski definition) is 0. The maximum absolute atomic E-state index is 11.8. The van der Waals surface area contributed by atoms with Crippen LogP contribution in [0.3, 0.4) is 0 Å². The number of aromatic nitrogens is 1. The number of ether oxygens (including phenoxy) is 1. The van der Waals surface area contributed by atoms with Crippen LogP contribution in [0.5, 0.6) is 5.75 Å². The number of halogens is 1. The van der Waals surface area contributed by atoms with Gasteiger partial charge in [-0.15, -0.1) is 0 Å². The van der Waals surface area contributed by atoms with Crippen LogP contribution in [-0.2, 0) is 4.79 Å². The van der Waals surface area contributed by atoms with E-state index in [2.05, 4.69) is 4.98 Å². The van der Waals surface area contributed by atoms with Crippen LogP contribution >= 0.6 is 11.6 Å². The van der Waals surface area contributed by atoms with Gasteiger partial charge in [-0.25, -0.2) is 4.98 Å². The minimum atomic E-state index is 0.165. The monoisotopic (exact) mass is 327 g/mol. The Balaban J connectivity index is 1.80. The van der Waals surface area contributed by atoms with E-state index < -0.39 is 0 Å². The molecule has 0 saturated carbocycles. The maximum atomic E-state index is 11.8. The summed E-state index contributed by atoms with van der Waals surface area (Å²) in [5.41, 5.74) is 3.58. The maximum Gasteiger partial charge on any atom is 0.171 e. The van der Waals surface area contributed by atoms with Crippen LogP contribution in [0.2, 0.25) is 5.15 Å². The molecule has 1 aliphatic rings. The number of allylic oxidation sites excluding steroid dienone is 1. The molecule has 4 heteroatoms. The molecule has 0 N–H and O–H groups in total. The van der Waals surface area contributed by atoms with Crippen molar-refractivity contribution >= 4 is 17.4 Å². The number of benzene rings is 1.